The molecule has 8 heteroatoms. The van der Waals surface area contributed by atoms with Gasteiger partial charge >= 0.3 is 0 Å². The van der Waals surface area contributed by atoms with Gasteiger partial charge in [-0.05, 0) is 17.7 Å². The highest BCUT2D eigenvalue weighted by Gasteiger charge is 2.23. The summed E-state index contributed by atoms with van der Waals surface area (Å²) in [5.41, 5.74) is 7.67. The minimum atomic E-state index is -0.444. The predicted octanol–water partition coefficient (Wildman–Crippen LogP) is 2.62. The van der Waals surface area contributed by atoms with Gasteiger partial charge in [-0.15, -0.1) is 12.4 Å². The number of hydrogen-bond acceptors (Lipinski definition) is 5. The Morgan fingerprint density at radius 1 is 1.10 bits per heavy atom. The minimum absolute atomic E-state index is 0. The molecule has 0 aromatic heterocycles. The number of amides is 2. The lowest BCUT2D eigenvalue weighted by Gasteiger charge is -2.27. The van der Waals surface area contributed by atoms with Crippen molar-refractivity contribution in [3.8, 4) is 5.75 Å². The molecule has 0 radical (unpaired) electrons. The number of ether oxygens (including phenoxy) is 2. The van der Waals surface area contributed by atoms with E-state index >= 15 is 0 Å². The molecule has 0 aliphatic carbocycles. The van der Waals surface area contributed by atoms with E-state index in [0.717, 1.165) is 5.56 Å². The number of carbonyl (C=O) groups excluding carboxylic acids is 2. The maximum Gasteiger partial charge on any atom is 0.260 e. The van der Waals surface area contributed by atoms with E-state index in [9.17, 15) is 9.59 Å². The molecule has 7 nitrogen and oxygen atoms in total. The van der Waals surface area contributed by atoms with Crippen LogP contribution in [-0.4, -0.2) is 49.6 Å². The van der Waals surface area contributed by atoms with Crippen molar-refractivity contribution >= 4 is 29.9 Å². The fourth-order valence-electron chi connectivity index (χ4n) is 3.11. The zero-order valence-corrected chi connectivity index (χ0v) is 17.8. The monoisotopic (exact) mass is 433 g/mol. The van der Waals surface area contributed by atoms with Crippen molar-refractivity contribution in [3.05, 3.63) is 60.2 Å². The number of morpholine rings is 1. The lowest BCUT2D eigenvalue weighted by molar-refractivity contribution is -0.137. The van der Waals surface area contributed by atoms with Crippen LogP contribution in [0.4, 0.5) is 5.69 Å². The van der Waals surface area contributed by atoms with Gasteiger partial charge in [-0.1, -0.05) is 49.4 Å². The van der Waals surface area contributed by atoms with Crippen LogP contribution < -0.4 is 15.8 Å². The van der Waals surface area contributed by atoms with E-state index in [-0.39, 0.29) is 30.8 Å². The number of nitrogens with one attached hydrogen (secondary N) is 1. The molecule has 0 spiro atoms. The summed E-state index contributed by atoms with van der Waals surface area (Å²) >= 11 is 0. The molecule has 1 aliphatic rings. The number of nitrogens with zero attached hydrogens (tertiary/aromatic N) is 1. The predicted molar refractivity (Wildman–Crippen MR) is 118 cm³/mol. The van der Waals surface area contributed by atoms with Gasteiger partial charge in [0.15, 0.2) is 6.61 Å². The number of rotatable bonds is 7. The Hall–Kier alpha value is -2.61. The van der Waals surface area contributed by atoms with Crippen molar-refractivity contribution in [2.75, 3.05) is 38.2 Å². The molecule has 3 rings (SSSR count). The van der Waals surface area contributed by atoms with Crippen molar-refractivity contribution in [3.63, 3.8) is 0 Å². The van der Waals surface area contributed by atoms with E-state index in [4.69, 9.17) is 15.2 Å². The van der Waals surface area contributed by atoms with Crippen molar-refractivity contribution in [1.82, 2.24) is 4.90 Å². The summed E-state index contributed by atoms with van der Waals surface area (Å²) in [7, 11) is 0. The fraction of sp³-hybridized carbons (Fsp3) is 0.364. The lowest BCUT2D eigenvalue weighted by Crippen LogP contribution is -2.43. The van der Waals surface area contributed by atoms with Crippen LogP contribution in [0.2, 0.25) is 0 Å². The average Bonchev–Trinajstić information content (AvgIpc) is 2.78. The molecular weight excluding hydrogens is 406 g/mol. The number of benzene rings is 2. The van der Waals surface area contributed by atoms with E-state index in [1.54, 1.807) is 36.1 Å². The molecule has 30 heavy (non-hydrogen) atoms. The molecule has 1 saturated heterocycles. The first-order chi connectivity index (χ1) is 14.1. The van der Waals surface area contributed by atoms with Crippen LogP contribution in [0, 0.1) is 5.92 Å². The third-order valence-corrected chi connectivity index (χ3v) is 5.00. The molecule has 162 valence electrons. The number of nitrogens with two attached hydrogens (primary N) is 1. The molecule has 2 atom stereocenters. The Labute approximate surface area is 182 Å². The van der Waals surface area contributed by atoms with Crippen LogP contribution in [0.15, 0.2) is 54.6 Å². The maximum atomic E-state index is 12.7. The normalized spacial score (nSPS) is 15.5. The number of anilines is 1. The number of para-hydroxylation sites is 2. The van der Waals surface area contributed by atoms with Gasteiger partial charge in [0.25, 0.3) is 5.91 Å². The minimum Gasteiger partial charge on any atom is -0.482 e. The van der Waals surface area contributed by atoms with Crippen LogP contribution in [0.1, 0.15) is 18.5 Å². The zero-order chi connectivity index (χ0) is 20.6. The van der Waals surface area contributed by atoms with E-state index in [1.807, 2.05) is 30.3 Å². The average molecular weight is 434 g/mol. The summed E-state index contributed by atoms with van der Waals surface area (Å²) in [6.07, 6.45) is 0. The van der Waals surface area contributed by atoms with Crippen LogP contribution in [-0.2, 0) is 14.3 Å². The lowest BCUT2D eigenvalue weighted by atomic mass is 9.94. The van der Waals surface area contributed by atoms with Crippen LogP contribution in [0.3, 0.4) is 0 Å². The first-order valence-electron chi connectivity index (χ1n) is 9.75. The summed E-state index contributed by atoms with van der Waals surface area (Å²) < 4.78 is 11.0. The van der Waals surface area contributed by atoms with Gasteiger partial charge in [0.2, 0.25) is 5.91 Å². The molecular formula is C22H28ClN3O4. The van der Waals surface area contributed by atoms with Crippen LogP contribution in [0.5, 0.6) is 5.75 Å². The first-order valence-corrected chi connectivity index (χ1v) is 9.75. The standard InChI is InChI=1S/C22H27N3O4.ClH/c1-16(21(23)17-7-3-2-4-8-17)22(27)24-18-9-5-6-10-19(18)29-15-20(26)25-11-13-28-14-12-25;/h2-10,16,21H,11-15,23H2,1H3,(H,24,27);1H. The molecule has 2 aromatic carbocycles. The Kier molecular flexibility index (Phi) is 9.11. The Morgan fingerprint density at radius 3 is 2.43 bits per heavy atom. The summed E-state index contributed by atoms with van der Waals surface area (Å²) in [6, 6.07) is 16.2. The van der Waals surface area contributed by atoms with Gasteiger partial charge in [-0.2, -0.15) is 0 Å². The van der Waals surface area contributed by atoms with Gasteiger partial charge in [0.05, 0.1) is 24.8 Å². The largest absolute Gasteiger partial charge is 0.482 e. The summed E-state index contributed by atoms with van der Waals surface area (Å²) in [4.78, 5) is 26.7. The maximum absolute atomic E-state index is 12.7. The molecule has 1 aliphatic heterocycles. The number of halogens is 1. The van der Waals surface area contributed by atoms with Gasteiger partial charge in [-0.3, -0.25) is 9.59 Å². The molecule has 0 saturated carbocycles. The quantitative estimate of drug-likeness (QED) is 0.700. The van der Waals surface area contributed by atoms with Gasteiger partial charge in [0.1, 0.15) is 5.75 Å². The molecule has 1 heterocycles. The van der Waals surface area contributed by atoms with E-state index in [0.29, 0.717) is 37.7 Å². The Bertz CT molecular complexity index is 828. The van der Waals surface area contributed by atoms with Crippen molar-refractivity contribution in [1.29, 1.82) is 0 Å². The molecule has 2 amide bonds. The van der Waals surface area contributed by atoms with Gasteiger partial charge in [-0.25, -0.2) is 0 Å². The van der Waals surface area contributed by atoms with Gasteiger partial charge < -0.3 is 25.4 Å². The molecule has 0 bridgehead atoms. The fourth-order valence-corrected chi connectivity index (χ4v) is 3.11. The SMILES string of the molecule is CC(C(=O)Nc1ccccc1OCC(=O)N1CCOCC1)C(N)c1ccccc1.Cl. The second-order valence-corrected chi connectivity index (χ2v) is 6.99. The van der Waals surface area contributed by atoms with E-state index in [2.05, 4.69) is 5.32 Å². The highest BCUT2D eigenvalue weighted by atomic mass is 35.5. The highest BCUT2D eigenvalue weighted by Crippen LogP contribution is 2.26. The van der Waals surface area contributed by atoms with Crippen molar-refractivity contribution in [2.45, 2.75) is 13.0 Å². The molecule has 3 N–H and O–H groups in total. The van der Waals surface area contributed by atoms with Crippen molar-refractivity contribution < 1.29 is 19.1 Å². The summed E-state index contributed by atoms with van der Waals surface area (Å²) in [6.45, 7) is 3.91. The molecule has 1 fully saturated rings. The van der Waals surface area contributed by atoms with Gasteiger partial charge in [0, 0.05) is 19.1 Å². The summed E-state index contributed by atoms with van der Waals surface area (Å²) in [5.74, 6) is -0.311. The molecule has 2 aromatic rings. The Morgan fingerprint density at radius 2 is 1.73 bits per heavy atom. The zero-order valence-electron chi connectivity index (χ0n) is 17.0. The smallest absolute Gasteiger partial charge is 0.260 e. The van der Waals surface area contributed by atoms with E-state index < -0.39 is 12.0 Å². The summed E-state index contributed by atoms with van der Waals surface area (Å²) in [5, 5.41) is 2.88. The number of carbonyl (C=O) groups is 2. The Balaban J connectivity index is 0.00000320. The third-order valence-electron chi connectivity index (χ3n) is 5.00. The van der Waals surface area contributed by atoms with Crippen molar-refractivity contribution in [2.24, 2.45) is 11.7 Å². The van der Waals surface area contributed by atoms with Crippen LogP contribution >= 0.6 is 12.4 Å². The molecule has 2 unspecified atom stereocenters. The highest BCUT2D eigenvalue weighted by molar-refractivity contribution is 5.94. The second-order valence-electron chi connectivity index (χ2n) is 6.99. The number of hydrogen-bond donors (Lipinski definition) is 2. The third kappa shape index (κ3) is 6.19. The second kappa shape index (κ2) is 11.5. The first kappa shape index (κ1) is 23.7. The van der Waals surface area contributed by atoms with E-state index in [1.165, 1.54) is 0 Å². The van der Waals surface area contributed by atoms with Crippen LogP contribution in [0.25, 0.3) is 0 Å². The topological polar surface area (TPSA) is 93.9 Å².